The maximum absolute atomic E-state index is 12.7. The summed E-state index contributed by atoms with van der Waals surface area (Å²) >= 11 is 1.57. The van der Waals surface area contributed by atoms with Gasteiger partial charge in [0, 0.05) is 17.7 Å². The van der Waals surface area contributed by atoms with E-state index in [2.05, 4.69) is 4.98 Å². The maximum atomic E-state index is 12.7. The smallest absolute Gasteiger partial charge is 0.416 e. The van der Waals surface area contributed by atoms with Crippen LogP contribution in [0.15, 0.2) is 59.3 Å². The van der Waals surface area contributed by atoms with E-state index in [1.165, 1.54) is 12.1 Å². The summed E-state index contributed by atoms with van der Waals surface area (Å²) in [7, 11) is 0. The fraction of sp³-hybridized carbons (Fsp3) is 0.118. The number of thiophene rings is 1. The molecule has 3 nitrogen and oxygen atoms in total. The lowest BCUT2D eigenvalue weighted by atomic mass is 10.2. The number of aromatic nitrogens is 1. The zero-order valence-corrected chi connectivity index (χ0v) is 13.1. The summed E-state index contributed by atoms with van der Waals surface area (Å²) in [6.45, 7) is 0.365. The van der Waals surface area contributed by atoms with Crippen molar-refractivity contribution >= 4 is 11.3 Å². The van der Waals surface area contributed by atoms with E-state index in [1.54, 1.807) is 29.5 Å². The monoisotopic (exact) mass is 351 g/mol. The highest BCUT2D eigenvalue weighted by atomic mass is 32.1. The van der Waals surface area contributed by atoms with Gasteiger partial charge in [0.2, 0.25) is 11.8 Å². The van der Waals surface area contributed by atoms with Crippen LogP contribution in [0.25, 0.3) is 0 Å². The maximum Gasteiger partial charge on any atom is 0.416 e. The van der Waals surface area contributed by atoms with Crippen LogP contribution in [0, 0.1) is 0 Å². The van der Waals surface area contributed by atoms with E-state index < -0.39 is 11.7 Å². The Morgan fingerprint density at radius 3 is 2.54 bits per heavy atom. The minimum Gasteiger partial charge on any atom is -0.473 e. The van der Waals surface area contributed by atoms with Crippen molar-refractivity contribution in [3.63, 3.8) is 0 Å². The molecular formula is C17H12F3NO2S. The third-order valence-electron chi connectivity index (χ3n) is 3.05. The Morgan fingerprint density at radius 2 is 1.79 bits per heavy atom. The molecule has 0 amide bonds. The lowest BCUT2D eigenvalue weighted by molar-refractivity contribution is -0.137. The van der Waals surface area contributed by atoms with Gasteiger partial charge in [0.05, 0.1) is 5.56 Å². The van der Waals surface area contributed by atoms with Crippen molar-refractivity contribution in [3.8, 4) is 17.5 Å². The first-order valence-electron chi connectivity index (χ1n) is 6.97. The van der Waals surface area contributed by atoms with Crippen molar-refractivity contribution in [2.45, 2.75) is 12.8 Å². The fourth-order valence-corrected chi connectivity index (χ4v) is 2.58. The summed E-state index contributed by atoms with van der Waals surface area (Å²) in [5.41, 5.74) is 0.246. The Bertz CT molecular complexity index is 804. The number of benzene rings is 1. The van der Waals surface area contributed by atoms with Crippen LogP contribution in [0.1, 0.15) is 11.1 Å². The topological polar surface area (TPSA) is 31.4 Å². The summed E-state index contributed by atoms with van der Waals surface area (Å²) in [6, 6.07) is 11.5. The Hall–Kier alpha value is -2.54. The van der Waals surface area contributed by atoms with Gasteiger partial charge in [-0.05, 0) is 35.0 Å². The molecule has 1 aromatic carbocycles. The highest BCUT2D eigenvalue weighted by Gasteiger charge is 2.30. The Balaban J connectivity index is 1.70. The molecule has 3 rings (SSSR count). The van der Waals surface area contributed by atoms with Crippen LogP contribution in [0.5, 0.6) is 17.5 Å². The van der Waals surface area contributed by atoms with E-state index in [9.17, 15) is 13.2 Å². The lowest BCUT2D eigenvalue weighted by Gasteiger charge is -2.10. The molecule has 7 heteroatoms. The van der Waals surface area contributed by atoms with Crippen molar-refractivity contribution in [1.82, 2.24) is 4.98 Å². The minimum atomic E-state index is -4.42. The second kappa shape index (κ2) is 6.92. The molecule has 0 aliphatic heterocycles. The molecule has 24 heavy (non-hydrogen) atoms. The van der Waals surface area contributed by atoms with Gasteiger partial charge in [0.15, 0.2) is 0 Å². The zero-order valence-electron chi connectivity index (χ0n) is 12.3. The molecule has 2 aromatic heterocycles. The van der Waals surface area contributed by atoms with Crippen molar-refractivity contribution in [3.05, 3.63) is 70.4 Å². The van der Waals surface area contributed by atoms with Crippen LogP contribution >= 0.6 is 11.3 Å². The first-order valence-corrected chi connectivity index (χ1v) is 7.91. The molecule has 0 saturated carbocycles. The Kier molecular flexibility index (Phi) is 4.71. The third-order valence-corrected chi connectivity index (χ3v) is 3.78. The molecular weight excluding hydrogens is 339 g/mol. The molecule has 124 valence electrons. The average Bonchev–Trinajstić information content (AvgIpc) is 3.06. The highest BCUT2D eigenvalue weighted by Crippen LogP contribution is 2.32. The van der Waals surface area contributed by atoms with Crippen LogP contribution in [0.3, 0.4) is 0 Å². The van der Waals surface area contributed by atoms with Gasteiger partial charge in [-0.25, -0.2) is 0 Å². The van der Waals surface area contributed by atoms with Gasteiger partial charge in [0.25, 0.3) is 0 Å². The SMILES string of the molecule is FC(F)(F)c1cccc(Oc2cccc(OCc3ccsc3)n2)c1. The number of halogens is 3. The van der Waals surface area contributed by atoms with Crippen molar-refractivity contribution < 1.29 is 22.6 Å². The number of ether oxygens (including phenoxy) is 2. The van der Waals surface area contributed by atoms with Gasteiger partial charge in [-0.2, -0.15) is 29.5 Å². The number of hydrogen-bond acceptors (Lipinski definition) is 4. The number of pyridine rings is 1. The summed E-state index contributed by atoms with van der Waals surface area (Å²) in [5.74, 6) is 0.565. The molecule has 0 aliphatic rings. The molecule has 0 fully saturated rings. The van der Waals surface area contributed by atoms with Gasteiger partial charge in [-0.15, -0.1) is 0 Å². The molecule has 0 atom stereocenters. The van der Waals surface area contributed by atoms with Crippen LogP contribution in [-0.4, -0.2) is 4.98 Å². The number of rotatable bonds is 5. The fourth-order valence-electron chi connectivity index (χ4n) is 1.92. The molecule has 3 aromatic rings. The molecule has 0 spiro atoms. The summed E-state index contributed by atoms with van der Waals surface area (Å²) < 4.78 is 49.1. The molecule has 0 unspecified atom stereocenters. The van der Waals surface area contributed by atoms with Crippen LogP contribution in [0.4, 0.5) is 13.2 Å². The standard InChI is InChI=1S/C17H12F3NO2S/c18-17(19,20)13-3-1-4-14(9-13)23-16-6-2-5-15(21-16)22-10-12-7-8-24-11-12/h1-9,11H,10H2. The molecule has 2 heterocycles. The molecule has 0 bridgehead atoms. The normalized spacial score (nSPS) is 11.3. The number of nitrogens with zero attached hydrogens (tertiary/aromatic N) is 1. The number of hydrogen-bond donors (Lipinski definition) is 0. The third kappa shape index (κ3) is 4.26. The quantitative estimate of drug-likeness (QED) is 0.605. The van der Waals surface area contributed by atoms with Gasteiger partial charge in [-0.3, -0.25) is 0 Å². The Morgan fingerprint density at radius 1 is 1.00 bits per heavy atom. The predicted molar refractivity (Wildman–Crippen MR) is 84.4 cm³/mol. The van der Waals surface area contributed by atoms with Crippen LogP contribution < -0.4 is 9.47 Å². The molecule has 0 N–H and O–H groups in total. The summed E-state index contributed by atoms with van der Waals surface area (Å²) in [5, 5.41) is 3.91. The first kappa shape index (κ1) is 16.3. The first-order chi connectivity index (χ1) is 11.5. The number of alkyl halides is 3. The summed E-state index contributed by atoms with van der Waals surface area (Å²) in [6.07, 6.45) is -4.42. The van der Waals surface area contributed by atoms with Crippen LogP contribution in [-0.2, 0) is 12.8 Å². The van der Waals surface area contributed by atoms with Crippen molar-refractivity contribution in [1.29, 1.82) is 0 Å². The van der Waals surface area contributed by atoms with E-state index >= 15 is 0 Å². The van der Waals surface area contributed by atoms with Gasteiger partial charge >= 0.3 is 6.18 Å². The largest absolute Gasteiger partial charge is 0.473 e. The van der Waals surface area contributed by atoms with E-state index in [0.29, 0.717) is 12.5 Å². The second-order valence-electron chi connectivity index (χ2n) is 4.86. The van der Waals surface area contributed by atoms with Gasteiger partial charge < -0.3 is 9.47 Å². The average molecular weight is 351 g/mol. The van der Waals surface area contributed by atoms with E-state index in [0.717, 1.165) is 17.7 Å². The second-order valence-corrected chi connectivity index (χ2v) is 5.64. The van der Waals surface area contributed by atoms with Gasteiger partial charge in [-0.1, -0.05) is 12.1 Å². The van der Waals surface area contributed by atoms with Crippen LogP contribution in [0.2, 0.25) is 0 Å². The van der Waals surface area contributed by atoms with E-state index in [4.69, 9.17) is 9.47 Å². The van der Waals surface area contributed by atoms with E-state index in [1.807, 2.05) is 16.8 Å². The lowest BCUT2D eigenvalue weighted by Crippen LogP contribution is -2.04. The highest BCUT2D eigenvalue weighted by molar-refractivity contribution is 7.07. The predicted octanol–water partition coefficient (Wildman–Crippen LogP) is 5.53. The zero-order chi connectivity index (χ0) is 17.0. The van der Waals surface area contributed by atoms with Gasteiger partial charge in [0.1, 0.15) is 12.4 Å². The van der Waals surface area contributed by atoms with Crippen molar-refractivity contribution in [2.75, 3.05) is 0 Å². The molecule has 0 radical (unpaired) electrons. The van der Waals surface area contributed by atoms with E-state index in [-0.39, 0.29) is 11.6 Å². The minimum absolute atomic E-state index is 0.0623. The Labute approximate surface area is 140 Å². The summed E-state index contributed by atoms with van der Waals surface area (Å²) in [4.78, 5) is 4.14. The van der Waals surface area contributed by atoms with Crippen molar-refractivity contribution in [2.24, 2.45) is 0 Å². The molecule has 0 saturated heterocycles. The molecule has 0 aliphatic carbocycles.